The van der Waals surface area contributed by atoms with Gasteiger partial charge >= 0.3 is 0 Å². The van der Waals surface area contributed by atoms with E-state index in [0.717, 1.165) is 19.3 Å². The minimum Gasteiger partial charge on any atom is -0.494 e. The molecular formula is C13H16FNO. The van der Waals surface area contributed by atoms with E-state index in [4.69, 9.17) is 10.5 Å². The Kier molecular flexibility index (Phi) is 3.25. The number of rotatable bonds is 2. The molecule has 0 radical (unpaired) electrons. The van der Waals surface area contributed by atoms with Gasteiger partial charge in [0.1, 0.15) is 0 Å². The van der Waals surface area contributed by atoms with Gasteiger partial charge in [-0.1, -0.05) is 23.8 Å². The highest BCUT2D eigenvalue weighted by atomic mass is 19.1. The summed E-state index contributed by atoms with van der Waals surface area (Å²) in [7, 11) is 1.47. The summed E-state index contributed by atoms with van der Waals surface area (Å²) in [5.74, 6) is -0.00498. The number of nitrogens with two attached hydrogens (primary N) is 1. The fourth-order valence-electron chi connectivity index (χ4n) is 2.06. The molecule has 2 nitrogen and oxygen atoms in total. The molecule has 1 aromatic rings. The lowest BCUT2D eigenvalue weighted by atomic mass is 10.1. The Labute approximate surface area is 94.9 Å². The zero-order chi connectivity index (χ0) is 11.5. The number of methoxy groups -OCH3 is 1. The van der Waals surface area contributed by atoms with E-state index < -0.39 is 0 Å². The highest BCUT2D eigenvalue weighted by Gasteiger charge is 2.16. The molecule has 0 saturated heterocycles. The Balaban J connectivity index is 2.27. The van der Waals surface area contributed by atoms with Crippen LogP contribution in [0.4, 0.5) is 4.39 Å². The van der Waals surface area contributed by atoms with Crippen LogP contribution in [0.1, 0.15) is 24.8 Å². The van der Waals surface area contributed by atoms with Crippen molar-refractivity contribution in [2.24, 2.45) is 5.73 Å². The van der Waals surface area contributed by atoms with Gasteiger partial charge in [-0.25, -0.2) is 4.39 Å². The summed E-state index contributed by atoms with van der Waals surface area (Å²) >= 11 is 0. The Morgan fingerprint density at radius 3 is 2.94 bits per heavy atom. The molecule has 86 valence electrons. The molecule has 2 rings (SSSR count). The fraction of sp³-hybridized carbons (Fsp3) is 0.385. The number of hydrogen-bond acceptors (Lipinski definition) is 2. The number of benzene rings is 1. The standard InChI is InChI=1S/C13H16FNO/c1-16-12-4-2-3-10(13(12)14)7-9-5-6-11(15)8-9/h2-4,7,11H,5-6,8,15H2,1H3/b9-7-. The third-order valence-electron chi connectivity index (χ3n) is 2.93. The van der Waals surface area contributed by atoms with Crippen molar-refractivity contribution in [3.05, 3.63) is 35.2 Å². The summed E-state index contributed by atoms with van der Waals surface area (Å²) in [6.07, 6.45) is 4.73. The lowest BCUT2D eigenvalue weighted by molar-refractivity contribution is 0.386. The van der Waals surface area contributed by atoms with Crippen LogP contribution in [0, 0.1) is 5.82 Å². The number of ether oxygens (including phenoxy) is 1. The van der Waals surface area contributed by atoms with Crippen LogP contribution in [0.2, 0.25) is 0 Å². The molecule has 1 fully saturated rings. The molecule has 1 atom stereocenters. The average Bonchev–Trinajstić information content (AvgIpc) is 2.67. The van der Waals surface area contributed by atoms with Gasteiger partial charge in [-0.3, -0.25) is 0 Å². The van der Waals surface area contributed by atoms with E-state index in [2.05, 4.69) is 0 Å². The maximum atomic E-state index is 13.8. The van der Waals surface area contributed by atoms with E-state index in [-0.39, 0.29) is 17.6 Å². The molecular weight excluding hydrogens is 205 g/mol. The zero-order valence-electron chi connectivity index (χ0n) is 9.37. The second kappa shape index (κ2) is 4.66. The average molecular weight is 221 g/mol. The van der Waals surface area contributed by atoms with Gasteiger partial charge in [0.05, 0.1) is 7.11 Å². The molecule has 0 spiro atoms. The van der Waals surface area contributed by atoms with E-state index in [1.807, 2.05) is 6.08 Å². The lowest BCUT2D eigenvalue weighted by Gasteiger charge is -2.05. The second-order valence-corrected chi connectivity index (χ2v) is 4.17. The van der Waals surface area contributed by atoms with Crippen molar-refractivity contribution < 1.29 is 9.13 Å². The van der Waals surface area contributed by atoms with E-state index >= 15 is 0 Å². The molecule has 0 amide bonds. The molecule has 0 heterocycles. The van der Waals surface area contributed by atoms with Crippen LogP contribution in [-0.2, 0) is 0 Å². The summed E-state index contributed by atoms with van der Waals surface area (Å²) in [6.45, 7) is 0. The van der Waals surface area contributed by atoms with Crippen molar-refractivity contribution in [3.63, 3.8) is 0 Å². The predicted octanol–water partition coefficient (Wildman–Crippen LogP) is 2.73. The first kappa shape index (κ1) is 11.1. The van der Waals surface area contributed by atoms with Gasteiger partial charge in [-0.05, 0) is 25.3 Å². The fourth-order valence-corrected chi connectivity index (χ4v) is 2.06. The van der Waals surface area contributed by atoms with Crippen LogP contribution in [0.25, 0.3) is 6.08 Å². The normalized spacial score (nSPS) is 22.7. The molecule has 2 N–H and O–H groups in total. The summed E-state index contributed by atoms with van der Waals surface area (Å²) in [5.41, 5.74) is 7.62. The third-order valence-corrected chi connectivity index (χ3v) is 2.93. The molecule has 1 unspecified atom stereocenters. The summed E-state index contributed by atoms with van der Waals surface area (Å²) in [5, 5.41) is 0. The summed E-state index contributed by atoms with van der Waals surface area (Å²) in [6, 6.07) is 5.41. The number of halogens is 1. The maximum absolute atomic E-state index is 13.8. The van der Waals surface area contributed by atoms with Gasteiger partial charge < -0.3 is 10.5 Å². The third kappa shape index (κ3) is 2.25. The van der Waals surface area contributed by atoms with Crippen molar-refractivity contribution in [1.82, 2.24) is 0 Å². The van der Waals surface area contributed by atoms with Gasteiger partial charge in [0.2, 0.25) is 0 Å². The van der Waals surface area contributed by atoms with E-state index in [1.54, 1.807) is 18.2 Å². The number of hydrogen-bond donors (Lipinski definition) is 1. The van der Waals surface area contributed by atoms with Crippen LogP contribution in [0.15, 0.2) is 23.8 Å². The van der Waals surface area contributed by atoms with Gasteiger partial charge in [-0.15, -0.1) is 0 Å². The van der Waals surface area contributed by atoms with Crippen LogP contribution >= 0.6 is 0 Å². The largest absolute Gasteiger partial charge is 0.494 e. The quantitative estimate of drug-likeness (QED) is 0.833. The highest BCUT2D eigenvalue weighted by molar-refractivity contribution is 5.56. The topological polar surface area (TPSA) is 35.2 Å². The smallest absolute Gasteiger partial charge is 0.172 e. The van der Waals surface area contributed by atoms with Crippen LogP contribution in [-0.4, -0.2) is 13.2 Å². The van der Waals surface area contributed by atoms with Gasteiger partial charge in [0, 0.05) is 11.6 Å². The zero-order valence-corrected chi connectivity index (χ0v) is 9.37. The van der Waals surface area contributed by atoms with Crippen LogP contribution in [0.5, 0.6) is 5.75 Å². The molecule has 0 aromatic heterocycles. The first-order valence-corrected chi connectivity index (χ1v) is 5.48. The Bertz CT molecular complexity index is 414. The van der Waals surface area contributed by atoms with Gasteiger partial charge in [0.25, 0.3) is 0 Å². The van der Waals surface area contributed by atoms with Crippen LogP contribution < -0.4 is 10.5 Å². The molecule has 1 aliphatic rings. The first-order valence-electron chi connectivity index (χ1n) is 5.48. The molecule has 1 saturated carbocycles. The van der Waals surface area contributed by atoms with Crippen LogP contribution in [0.3, 0.4) is 0 Å². The predicted molar refractivity (Wildman–Crippen MR) is 62.8 cm³/mol. The minimum atomic E-state index is -0.294. The molecule has 1 aliphatic carbocycles. The first-order chi connectivity index (χ1) is 7.70. The SMILES string of the molecule is COc1cccc(/C=C2/CCC(N)C2)c1F. The minimum absolute atomic E-state index is 0.236. The summed E-state index contributed by atoms with van der Waals surface area (Å²) < 4.78 is 18.8. The molecule has 1 aromatic carbocycles. The second-order valence-electron chi connectivity index (χ2n) is 4.17. The molecule has 0 aliphatic heterocycles. The van der Waals surface area contributed by atoms with Crippen molar-refractivity contribution >= 4 is 6.08 Å². The van der Waals surface area contributed by atoms with Crippen molar-refractivity contribution in [3.8, 4) is 5.75 Å². The van der Waals surface area contributed by atoms with E-state index in [0.29, 0.717) is 5.56 Å². The molecule has 16 heavy (non-hydrogen) atoms. The maximum Gasteiger partial charge on any atom is 0.172 e. The van der Waals surface area contributed by atoms with Crippen molar-refractivity contribution in [1.29, 1.82) is 0 Å². The molecule has 0 bridgehead atoms. The molecule has 3 heteroatoms. The van der Waals surface area contributed by atoms with Crippen molar-refractivity contribution in [2.75, 3.05) is 7.11 Å². The monoisotopic (exact) mass is 221 g/mol. The Hall–Kier alpha value is -1.35. The summed E-state index contributed by atoms with van der Waals surface area (Å²) in [4.78, 5) is 0. The Morgan fingerprint density at radius 1 is 1.50 bits per heavy atom. The van der Waals surface area contributed by atoms with Gasteiger partial charge in [0.15, 0.2) is 11.6 Å². The van der Waals surface area contributed by atoms with E-state index in [1.165, 1.54) is 12.7 Å². The van der Waals surface area contributed by atoms with Gasteiger partial charge in [-0.2, -0.15) is 0 Å². The highest BCUT2D eigenvalue weighted by Crippen LogP contribution is 2.28. The Morgan fingerprint density at radius 2 is 2.31 bits per heavy atom. The van der Waals surface area contributed by atoms with Crippen molar-refractivity contribution in [2.45, 2.75) is 25.3 Å². The lowest BCUT2D eigenvalue weighted by Crippen LogP contribution is -2.13. The van der Waals surface area contributed by atoms with E-state index in [9.17, 15) is 4.39 Å².